The van der Waals surface area contributed by atoms with Gasteiger partial charge in [-0.15, -0.1) is 0 Å². The Morgan fingerprint density at radius 3 is 2.50 bits per heavy atom. The fourth-order valence-corrected chi connectivity index (χ4v) is 4.86. The van der Waals surface area contributed by atoms with E-state index < -0.39 is 10.0 Å². The Labute approximate surface area is 152 Å². The van der Waals surface area contributed by atoms with Crippen LogP contribution in [0.15, 0.2) is 65.8 Å². The minimum absolute atomic E-state index is 0.202. The van der Waals surface area contributed by atoms with Crippen LogP contribution in [0.25, 0.3) is 11.1 Å². The van der Waals surface area contributed by atoms with Gasteiger partial charge in [0.25, 0.3) is 0 Å². The predicted molar refractivity (Wildman–Crippen MR) is 99.6 cm³/mol. The number of anilines is 1. The predicted octanol–water partition coefficient (Wildman–Crippen LogP) is 2.47. The summed E-state index contributed by atoms with van der Waals surface area (Å²) in [4.78, 5) is 8.51. The first-order chi connectivity index (χ1) is 12.6. The summed E-state index contributed by atoms with van der Waals surface area (Å²) in [6, 6.07) is 16.6. The number of benzene rings is 2. The summed E-state index contributed by atoms with van der Waals surface area (Å²) in [5.74, 6) is 0.428. The molecule has 0 fully saturated rings. The monoisotopic (exact) mass is 366 g/mol. The molecule has 2 heterocycles. The van der Waals surface area contributed by atoms with E-state index in [1.807, 2.05) is 42.5 Å². The zero-order chi connectivity index (χ0) is 18.1. The van der Waals surface area contributed by atoms with E-state index in [0.717, 1.165) is 11.1 Å². The van der Waals surface area contributed by atoms with Crippen molar-refractivity contribution in [2.45, 2.75) is 17.9 Å². The first-order valence-corrected chi connectivity index (χ1v) is 9.74. The van der Waals surface area contributed by atoms with E-state index in [1.165, 1.54) is 10.6 Å². The molecule has 2 aromatic carbocycles. The highest BCUT2D eigenvalue weighted by atomic mass is 32.2. The highest BCUT2D eigenvalue weighted by Gasteiger charge is 2.31. The van der Waals surface area contributed by atoms with Crippen molar-refractivity contribution in [2.75, 3.05) is 12.3 Å². The number of rotatable bonds is 3. The maximum atomic E-state index is 13.3. The van der Waals surface area contributed by atoms with Gasteiger partial charge in [0.2, 0.25) is 10.0 Å². The van der Waals surface area contributed by atoms with Gasteiger partial charge in [-0.2, -0.15) is 4.31 Å². The summed E-state index contributed by atoms with van der Waals surface area (Å²) >= 11 is 0. The van der Waals surface area contributed by atoms with Crippen LogP contribution in [0.3, 0.4) is 0 Å². The smallest absolute Gasteiger partial charge is 0.244 e. The molecule has 0 saturated carbocycles. The van der Waals surface area contributed by atoms with Gasteiger partial charge in [-0.05, 0) is 18.1 Å². The lowest BCUT2D eigenvalue weighted by atomic mass is 10.1. The van der Waals surface area contributed by atoms with Gasteiger partial charge in [0.15, 0.2) is 0 Å². The van der Waals surface area contributed by atoms with Crippen LogP contribution in [-0.2, 0) is 23.0 Å². The molecule has 26 heavy (non-hydrogen) atoms. The number of nitrogens with zero attached hydrogens (tertiary/aromatic N) is 3. The average molecular weight is 366 g/mol. The van der Waals surface area contributed by atoms with Gasteiger partial charge in [-0.25, -0.2) is 18.4 Å². The third-order valence-corrected chi connectivity index (χ3v) is 6.50. The molecule has 1 aromatic heterocycles. The van der Waals surface area contributed by atoms with Crippen molar-refractivity contribution in [2.24, 2.45) is 0 Å². The van der Waals surface area contributed by atoms with Crippen LogP contribution >= 0.6 is 0 Å². The summed E-state index contributed by atoms with van der Waals surface area (Å²) in [5, 5.41) is 0. The zero-order valence-corrected chi connectivity index (χ0v) is 14.9. The largest absolute Gasteiger partial charge is 0.383 e. The van der Waals surface area contributed by atoms with Crippen molar-refractivity contribution < 1.29 is 8.42 Å². The van der Waals surface area contributed by atoms with Gasteiger partial charge in [-0.3, -0.25) is 0 Å². The summed E-state index contributed by atoms with van der Waals surface area (Å²) in [6.45, 7) is 0.559. The summed E-state index contributed by atoms with van der Waals surface area (Å²) < 4.78 is 28.1. The third-order valence-electron chi connectivity index (χ3n) is 4.59. The molecule has 2 N–H and O–H groups in total. The Bertz CT molecular complexity index is 1050. The second kappa shape index (κ2) is 6.51. The Balaban J connectivity index is 1.75. The third kappa shape index (κ3) is 2.85. The zero-order valence-electron chi connectivity index (χ0n) is 14.0. The average Bonchev–Trinajstić information content (AvgIpc) is 2.68. The van der Waals surface area contributed by atoms with E-state index in [4.69, 9.17) is 5.73 Å². The molecule has 0 atom stereocenters. The van der Waals surface area contributed by atoms with Crippen LogP contribution in [0.1, 0.15) is 11.3 Å². The Morgan fingerprint density at radius 1 is 0.962 bits per heavy atom. The molecule has 0 aliphatic carbocycles. The highest BCUT2D eigenvalue weighted by Crippen LogP contribution is 2.32. The first-order valence-electron chi connectivity index (χ1n) is 8.30. The van der Waals surface area contributed by atoms with Gasteiger partial charge in [0.05, 0.1) is 17.1 Å². The van der Waals surface area contributed by atoms with Crippen molar-refractivity contribution in [3.8, 4) is 11.1 Å². The fraction of sp³-hybridized carbons (Fsp3) is 0.158. The Kier molecular flexibility index (Phi) is 4.18. The number of hydrogen-bond acceptors (Lipinski definition) is 5. The molecular weight excluding hydrogens is 348 g/mol. The fourth-order valence-electron chi connectivity index (χ4n) is 3.25. The Morgan fingerprint density at radius 2 is 1.69 bits per heavy atom. The molecule has 0 unspecified atom stereocenters. The van der Waals surface area contributed by atoms with Crippen LogP contribution in [0.2, 0.25) is 0 Å². The van der Waals surface area contributed by atoms with Gasteiger partial charge in [0, 0.05) is 17.7 Å². The minimum atomic E-state index is -3.66. The van der Waals surface area contributed by atoms with Crippen molar-refractivity contribution in [3.05, 3.63) is 72.2 Å². The molecule has 0 amide bonds. The van der Waals surface area contributed by atoms with E-state index in [9.17, 15) is 8.42 Å². The van der Waals surface area contributed by atoms with Gasteiger partial charge in [0.1, 0.15) is 12.1 Å². The molecule has 6 nitrogen and oxygen atoms in total. The van der Waals surface area contributed by atoms with Crippen molar-refractivity contribution in [1.82, 2.24) is 14.3 Å². The molecule has 4 rings (SSSR count). The standard InChI is InChI=1S/C19H18N4O2S/c20-19-16-10-11-23(12-17(16)21-13-22-19)26(24,25)18-9-5-4-8-15(18)14-6-2-1-3-7-14/h1-9,13H,10-12H2,(H2,20,21,22). The van der Waals surface area contributed by atoms with Gasteiger partial charge >= 0.3 is 0 Å². The molecule has 3 aromatic rings. The summed E-state index contributed by atoms with van der Waals surface area (Å²) in [7, 11) is -3.66. The van der Waals surface area contributed by atoms with Crippen LogP contribution in [0.5, 0.6) is 0 Å². The lowest BCUT2D eigenvalue weighted by molar-refractivity contribution is 0.385. The van der Waals surface area contributed by atoms with E-state index in [0.29, 0.717) is 34.9 Å². The number of aromatic nitrogens is 2. The molecule has 1 aliphatic rings. The maximum absolute atomic E-state index is 13.3. The highest BCUT2D eigenvalue weighted by molar-refractivity contribution is 7.89. The minimum Gasteiger partial charge on any atom is -0.383 e. The maximum Gasteiger partial charge on any atom is 0.244 e. The molecule has 132 valence electrons. The quantitative estimate of drug-likeness (QED) is 0.769. The topological polar surface area (TPSA) is 89.2 Å². The molecule has 1 aliphatic heterocycles. The Hall–Kier alpha value is -2.77. The summed E-state index contributed by atoms with van der Waals surface area (Å²) in [5.41, 5.74) is 8.97. The summed E-state index contributed by atoms with van der Waals surface area (Å²) in [6.07, 6.45) is 1.89. The number of sulfonamides is 1. The molecule has 0 radical (unpaired) electrons. The van der Waals surface area contributed by atoms with E-state index in [-0.39, 0.29) is 6.54 Å². The molecule has 0 spiro atoms. The second-order valence-corrected chi connectivity index (χ2v) is 8.04. The van der Waals surface area contributed by atoms with Gasteiger partial charge in [-0.1, -0.05) is 48.5 Å². The molecule has 7 heteroatoms. The van der Waals surface area contributed by atoms with E-state index in [2.05, 4.69) is 9.97 Å². The number of nitrogen functional groups attached to an aromatic ring is 1. The molecule has 0 saturated heterocycles. The van der Waals surface area contributed by atoms with Crippen LogP contribution in [0, 0.1) is 0 Å². The molecule has 0 bridgehead atoms. The first kappa shape index (κ1) is 16.7. The van der Waals surface area contributed by atoms with Gasteiger partial charge < -0.3 is 5.73 Å². The number of nitrogens with two attached hydrogens (primary N) is 1. The lowest BCUT2D eigenvalue weighted by Crippen LogP contribution is -2.37. The van der Waals surface area contributed by atoms with Crippen LogP contribution in [-0.4, -0.2) is 29.2 Å². The van der Waals surface area contributed by atoms with Crippen LogP contribution < -0.4 is 5.73 Å². The SMILES string of the molecule is Nc1ncnc2c1CCN(S(=O)(=O)c1ccccc1-c1ccccc1)C2. The van der Waals surface area contributed by atoms with Crippen molar-refractivity contribution in [3.63, 3.8) is 0 Å². The van der Waals surface area contributed by atoms with E-state index in [1.54, 1.807) is 12.1 Å². The second-order valence-electron chi connectivity index (χ2n) is 6.13. The van der Waals surface area contributed by atoms with Crippen molar-refractivity contribution in [1.29, 1.82) is 0 Å². The number of fused-ring (bicyclic) bond motifs is 1. The van der Waals surface area contributed by atoms with Crippen LogP contribution in [0.4, 0.5) is 5.82 Å². The number of hydrogen-bond donors (Lipinski definition) is 1. The lowest BCUT2D eigenvalue weighted by Gasteiger charge is -2.28. The molecular formula is C19H18N4O2S. The normalized spacial score (nSPS) is 14.8. The van der Waals surface area contributed by atoms with Crippen molar-refractivity contribution >= 4 is 15.8 Å². The van der Waals surface area contributed by atoms with E-state index >= 15 is 0 Å².